The quantitative estimate of drug-likeness (QED) is 0.0511. The first-order valence-electron chi connectivity index (χ1n) is 15.3. The number of aryl methyl sites for hydroxylation is 1. The number of ether oxygens (including phenoxy) is 1. The van der Waals surface area contributed by atoms with Gasteiger partial charge in [0.25, 0.3) is 20.0 Å². The van der Waals surface area contributed by atoms with Crippen molar-refractivity contribution < 1.29 is 21.6 Å². The highest BCUT2D eigenvalue weighted by atomic mass is 32.2. The monoisotopic (exact) mass is 632 g/mol. The molecule has 43 heavy (non-hydrogen) atoms. The van der Waals surface area contributed by atoms with Crippen LogP contribution < -0.4 is 4.74 Å². The smallest absolute Gasteiger partial charge is 0.264 e. The van der Waals surface area contributed by atoms with Crippen molar-refractivity contribution in [2.24, 2.45) is 9.04 Å². The van der Waals surface area contributed by atoms with Gasteiger partial charge >= 0.3 is 0 Å². The van der Waals surface area contributed by atoms with E-state index in [0.29, 0.717) is 23.5 Å². The zero-order valence-corrected chi connectivity index (χ0v) is 26.7. The lowest BCUT2D eigenvalue weighted by Gasteiger charge is -2.13. The number of hydrogen-bond acceptors (Lipinski definition) is 5. The normalized spacial score (nSPS) is 11.5. The van der Waals surface area contributed by atoms with Crippen LogP contribution in [0.2, 0.25) is 0 Å². The van der Waals surface area contributed by atoms with Crippen molar-refractivity contribution in [1.29, 1.82) is 0 Å². The van der Waals surface area contributed by atoms with Crippen LogP contribution in [0, 0.1) is 0 Å². The Hall–Kier alpha value is -3.24. The molecule has 2 aromatic rings. The van der Waals surface area contributed by atoms with Crippen LogP contribution in [-0.2, 0) is 26.5 Å². The summed E-state index contributed by atoms with van der Waals surface area (Å²) >= 11 is 0. The van der Waals surface area contributed by atoms with Gasteiger partial charge in [0.2, 0.25) is 0 Å². The zero-order chi connectivity index (χ0) is 31.4. The summed E-state index contributed by atoms with van der Waals surface area (Å²) < 4.78 is 60.1. The van der Waals surface area contributed by atoms with Crippen LogP contribution in [0.1, 0.15) is 115 Å². The Kier molecular flexibility index (Phi) is 16.6. The van der Waals surface area contributed by atoms with Crippen LogP contribution in [0.3, 0.4) is 0 Å². The lowest BCUT2D eigenvalue weighted by Crippen LogP contribution is -2.00. The van der Waals surface area contributed by atoms with Crippen molar-refractivity contribution in [1.82, 2.24) is 0 Å². The maximum absolute atomic E-state index is 12.3. The van der Waals surface area contributed by atoms with E-state index in [1.807, 2.05) is 0 Å². The predicted molar refractivity (Wildman–Crippen MR) is 169 cm³/mol. The maximum Gasteiger partial charge on any atom is 0.264 e. The van der Waals surface area contributed by atoms with Crippen LogP contribution in [0.25, 0.3) is 20.9 Å². The Balaban J connectivity index is 1.84. The molecule has 0 saturated heterocycles. The van der Waals surface area contributed by atoms with Crippen LogP contribution in [0.15, 0.2) is 61.3 Å². The molecule has 0 N–H and O–H groups in total. The summed E-state index contributed by atoms with van der Waals surface area (Å²) in [5.74, 6) is 0.727. The predicted octanol–water partition coefficient (Wildman–Crippen LogP) is 10.3. The van der Waals surface area contributed by atoms with Gasteiger partial charge in [-0.05, 0) is 71.9 Å². The number of sulfonamides is 2. The molecule has 0 unspecified atom stereocenters. The van der Waals surface area contributed by atoms with Gasteiger partial charge < -0.3 is 4.74 Å². The van der Waals surface area contributed by atoms with Gasteiger partial charge in [0, 0.05) is 18.9 Å². The molecular weight excluding hydrogens is 589 g/mol. The van der Waals surface area contributed by atoms with Crippen molar-refractivity contribution >= 4 is 20.0 Å². The molecule has 0 bridgehead atoms. The van der Waals surface area contributed by atoms with Crippen molar-refractivity contribution in [3.63, 3.8) is 0 Å². The third kappa shape index (κ3) is 13.7. The molecule has 0 aromatic heterocycles. The fourth-order valence-electron chi connectivity index (χ4n) is 4.87. The Morgan fingerprint density at radius 2 is 1.02 bits per heavy atom. The highest BCUT2D eigenvalue weighted by Gasteiger charge is 2.17. The van der Waals surface area contributed by atoms with E-state index in [-0.39, 0.29) is 9.79 Å². The van der Waals surface area contributed by atoms with E-state index in [2.05, 4.69) is 25.8 Å². The van der Waals surface area contributed by atoms with Crippen molar-refractivity contribution in [3.8, 4) is 11.5 Å². The molecule has 236 valence electrons. The summed E-state index contributed by atoms with van der Waals surface area (Å²) in [5.41, 5.74) is 17.7. The zero-order valence-electron chi connectivity index (χ0n) is 25.1. The van der Waals surface area contributed by atoms with Crippen molar-refractivity contribution in [2.75, 3.05) is 0 Å². The minimum Gasteiger partial charge on any atom is -0.457 e. The molecular formula is C30H44N6O5S2. The molecule has 11 nitrogen and oxygen atoms in total. The molecule has 0 radical (unpaired) electrons. The highest BCUT2D eigenvalue weighted by Crippen LogP contribution is 2.31. The summed E-state index contributed by atoms with van der Waals surface area (Å²) in [6.07, 6.45) is 20.6. The van der Waals surface area contributed by atoms with Crippen LogP contribution in [-0.4, -0.2) is 16.8 Å². The number of nitrogens with zero attached hydrogens (tertiary/aromatic N) is 6. The molecule has 0 spiro atoms. The Morgan fingerprint density at radius 3 is 1.49 bits per heavy atom. The number of unbranched alkanes of at least 4 members (excludes halogenated alkanes) is 15. The maximum atomic E-state index is 12.3. The minimum absolute atomic E-state index is 0.125. The Labute approximate surface area is 256 Å². The number of rotatable bonds is 23. The average Bonchev–Trinajstić information content (AvgIpc) is 2.98. The summed E-state index contributed by atoms with van der Waals surface area (Å²) in [5, 5.41) is 0. The SMILES string of the molecule is CCCCCCCCCCCCCCCCCCc1cc(S(=O)(=O)N=[N+]=[N-])ccc1Oc1ccc(S(=O)(=O)N=[N+]=[N-])cc1. The summed E-state index contributed by atoms with van der Waals surface area (Å²) in [6, 6.07) is 9.60. The standard InChI is InChI=1S/C30H44N6O5S2/c1-2-3-4-5-6-7-8-9-10-11-12-13-14-15-16-17-18-26-25-29(43(39,40)36-34-32)23-24-30(26)41-27-19-21-28(22-20-27)42(37,38)35-33-31/h19-25H,2-18H2,1H3. The van der Waals surface area contributed by atoms with E-state index >= 15 is 0 Å². The summed E-state index contributed by atoms with van der Waals surface area (Å²) in [7, 11) is -8.29. The average molecular weight is 633 g/mol. The van der Waals surface area contributed by atoms with Gasteiger partial charge in [-0.25, -0.2) is 16.8 Å². The molecule has 0 saturated carbocycles. The molecule has 0 atom stereocenters. The van der Waals surface area contributed by atoms with E-state index in [1.165, 1.54) is 120 Å². The first-order valence-corrected chi connectivity index (χ1v) is 18.1. The lowest BCUT2D eigenvalue weighted by atomic mass is 10.0. The fraction of sp³-hybridized carbons (Fsp3) is 0.600. The number of azide groups is 2. The molecule has 0 heterocycles. The minimum atomic E-state index is -4.16. The van der Waals surface area contributed by atoms with Crippen LogP contribution in [0.4, 0.5) is 0 Å². The van der Waals surface area contributed by atoms with Crippen molar-refractivity contribution in [2.45, 2.75) is 126 Å². The van der Waals surface area contributed by atoms with Gasteiger partial charge in [-0.1, -0.05) is 103 Å². The molecule has 2 rings (SSSR count). The van der Waals surface area contributed by atoms with Gasteiger partial charge in [-0.15, -0.1) is 0 Å². The van der Waals surface area contributed by atoms with E-state index in [0.717, 1.165) is 25.7 Å². The highest BCUT2D eigenvalue weighted by molar-refractivity contribution is 7.90. The third-order valence-corrected chi connectivity index (χ3v) is 9.56. The summed E-state index contributed by atoms with van der Waals surface area (Å²) in [4.78, 5) is 4.45. The molecule has 13 heteroatoms. The van der Waals surface area contributed by atoms with Crippen molar-refractivity contribution in [3.05, 3.63) is 68.9 Å². The van der Waals surface area contributed by atoms with Crippen LogP contribution >= 0.6 is 0 Å². The molecule has 0 amide bonds. The molecule has 2 aromatic carbocycles. The molecule has 0 fully saturated rings. The van der Waals surface area contributed by atoms with Gasteiger partial charge in [-0.2, -0.15) is 0 Å². The third-order valence-electron chi connectivity index (χ3n) is 7.27. The Bertz CT molecular complexity index is 1430. The van der Waals surface area contributed by atoms with Gasteiger partial charge in [0.15, 0.2) is 0 Å². The van der Waals surface area contributed by atoms with E-state index in [4.69, 9.17) is 15.8 Å². The van der Waals surface area contributed by atoms with Crippen LogP contribution in [0.5, 0.6) is 11.5 Å². The number of benzene rings is 2. The first kappa shape index (κ1) is 36.0. The fourth-order valence-corrected chi connectivity index (χ4v) is 6.26. The van der Waals surface area contributed by atoms with Gasteiger partial charge in [0.1, 0.15) is 11.5 Å². The first-order chi connectivity index (χ1) is 20.7. The second-order valence-corrected chi connectivity index (χ2v) is 13.9. The second kappa shape index (κ2) is 19.9. The topological polar surface area (TPSA) is 175 Å². The second-order valence-electron chi connectivity index (χ2n) is 10.7. The molecule has 0 aliphatic carbocycles. The largest absolute Gasteiger partial charge is 0.457 e. The summed E-state index contributed by atoms with van der Waals surface area (Å²) in [6.45, 7) is 2.25. The Morgan fingerprint density at radius 1 is 0.605 bits per heavy atom. The molecule has 0 aliphatic rings. The number of hydrogen-bond donors (Lipinski definition) is 0. The van der Waals surface area contributed by atoms with E-state index in [9.17, 15) is 16.8 Å². The van der Waals surface area contributed by atoms with Gasteiger partial charge in [-0.3, -0.25) is 0 Å². The van der Waals surface area contributed by atoms with E-state index in [1.54, 1.807) is 0 Å². The molecule has 0 aliphatic heterocycles. The van der Waals surface area contributed by atoms with E-state index < -0.39 is 20.0 Å². The lowest BCUT2D eigenvalue weighted by molar-refractivity contribution is 0.472. The van der Waals surface area contributed by atoms with Gasteiger partial charge in [0.05, 0.1) is 9.79 Å².